The predicted octanol–water partition coefficient (Wildman–Crippen LogP) is 2.47. The predicted molar refractivity (Wildman–Crippen MR) is 58.4 cm³/mol. The third-order valence-corrected chi connectivity index (χ3v) is 1.59. The lowest BCUT2D eigenvalue weighted by Gasteiger charge is -2.12. The summed E-state index contributed by atoms with van der Waals surface area (Å²) in [5.74, 6) is 0.513. The molecule has 0 fully saturated rings. The summed E-state index contributed by atoms with van der Waals surface area (Å²) in [6.07, 6.45) is -0.775. The van der Waals surface area contributed by atoms with Crippen molar-refractivity contribution in [2.45, 2.75) is 10.7 Å². The van der Waals surface area contributed by atoms with Crippen LogP contribution in [-0.2, 0) is 4.74 Å². The van der Waals surface area contributed by atoms with Gasteiger partial charge in [-0.2, -0.15) is 4.99 Å². The highest BCUT2D eigenvalue weighted by Gasteiger charge is 2.22. The average Bonchev–Trinajstić information content (AvgIpc) is 1.99. The fourth-order valence-corrected chi connectivity index (χ4v) is 0.572. The number of aliphatic imine (C=N–C) groups is 1. The van der Waals surface area contributed by atoms with Crippen LogP contribution in [0.3, 0.4) is 0 Å². The van der Waals surface area contributed by atoms with E-state index < -0.39 is 9.89 Å². The van der Waals surface area contributed by atoms with Gasteiger partial charge in [-0.25, -0.2) is 4.79 Å². The molecule has 0 spiro atoms. The molecular formula is C7H11Cl3N2O2. The second-order valence-corrected chi connectivity index (χ2v) is 5.24. The van der Waals surface area contributed by atoms with E-state index >= 15 is 0 Å². The highest BCUT2D eigenvalue weighted by atomic mass is 35.6. The molecule has 7 heteroatoms. The van der Waals surface area contributed by atoms with Crippen molar-refractivity contribution in [3.8, 4) is 0 Å². The number of amides is 1. The van der Waals surface area contributed by atoms with E-state index in [9.17, 15) is 4.79 Å². The highest BCUT2D eigenvalue weighted by Crippen LogP contribution is 2.25. The Morgan fingerprint density at radius 2 is 1.93 bits per heavy atom. The highest BCUT2D eigenvalue weighted by molar-refractivity contribution is 6.67. The molecule has 14 heavy (non-hydrogen) atoms. The molecule has 0 bridgehead atoms. The van der Waals surface area contributed by atoms with E-state index in [0.29, 0.717) is 5.84 Å². The second-order valence-electron chi connectivity index (χ2n) is 2.72. The number of amidine groups is 1. The van der Waals surface area contributed by atoms with Gasteiger partial charge in [0.1, 0.15) is 12.4 Å². The number of nitrogens with zero attached hydrogens (tertiary/aromatic N) is 2. The average molecular weight is 262 g/mol. The van der Waals surface area contributed by atoms with Crippen molar-refractivity contribution in [3.63, 3.8) is 0 Å². The van der Waals surface area contributed by atoms with Gasteiger partial charge in [0.15, 0.2) is 0 Å². The lowest BCUT2D eigenvalue weighted by Crippen LogP contribution is -2.21. The molecule has 0 aromatic rings. The van der Waals surface area contributed by atoms with E-state index in [1.807, 2.05) is 0 Å². The number of hydrogen-bond acceptors (Lipinski definition) is 2. The third kappa shape index (κ3) is 7.24. The van der Waals surface area contributed by atoms with Crippen molar-refractivity contribution in [2.24, 2.45) is 4.99 Å². The quantitative estimate of drug-likeness (QED) is 0.414. The maximum Gasteiger partial charge on any atom is 0.435 e. The number of hydrogen-bond donors (Lipinski definition) is 0. The summed E-state index contributed by atoms with van der Waals surface area (Å²) >= 11 is 16.1. The van der Waals surface area contributed by atoms with Crippen molar-refractivity contribution in [1.82, 2.24) is 4.90 Å². The van der Waals surface area contributed by atoms with Crippen LogP contribution in [0.1, 0.15) is 6.92 Å². The van der Waals surface area contributed by atoms with Crippen molar-refractivity contribution >= 4 is 46.7 Å². The standard InChI is InChI=1S/C7H11Cl3N2O2/c1-5(12(2)3)11-6(13)14-4-7(8,9)10/h4H2,1-3H3. The van der Waals surface area contributed by atoms with Crippen LogP contribution in [-0.4, -0.2) is 41.3 Å². The molecular weight excluding hydrogens is 250 g/mol. The molecule has 1 amide bonds. The van der Waals surface area contributed by atoms with Crippen LogP contribution in [0.4, 0.5) is 4.79 Å². The number of halogens is 3. The summed E-state index contributed by atoms with van der Waals surface area (Å²) < 4.78 is 2.98. The zero-order chi connectivity index (χ0) is 11.4. The van der Waals surface area contributed by atoms with Crippen LogP contribution in [0.5, 0.6) is 0 Å². The molecule has 0 aliphatic rings. The molecule has 0 aliphatic heterocycles. The molecule has 0 unspecified atom stereocenters. The lowest BCUT2D eigenvalue weighted by molar-refractivity contribution is 0.159. The molecule has 0 saturated heterocycles. The minimum Gasteiger partial charge on any atom is -0.443 e. The van der Waals surface area contributed by atoms with Gasteiger partial charge in [-0.1, -0.05) is 34.8 Å². The van der Waals surface area contributed by atoms with Crippen molar-refractivity contribution < 1.29 is 9.53 Å². The Kier molecular flexibility index (Phi) is 5.56. The Morgan fingerprint density at radius 1 is 1.43 bits per heavy atom. The summed E-state index contributed by atoms with van der Waals surface area (Å²) in [6, 6.07) is 0. The maximum atomic E-state index is 11.0. The summed E-state index contributed by atoms with van der Waals surface area (Å²) in [5.41, 5.74) is 0. The number of alkyl halides is 3. The van der Waals surface area contributed by atoms with Gasteiger partial charge >= 0.3 is 6.09 Å². The van der Waals surface area contributed by atoms with Crippen LogP contribution >= 0.6 is 34.8 Å². The van der Waals surface area contributed by atoms with E-state index in [4.69, 9.17) is 34.8 Å². The van der Waals surface area contributed by atoms with Crippen molar-refractivity contribution in [1.29, 1.82) is 0 Å². The van der Waals surface area contributed by atoms with E-state index in [-0.39, 0.29) is 6.61 Å². The lowest BCUT2D eigenvalue weighted by atomic mass is 10.6. The molecule has 0 N–H and O–H groups in total. The molecule has 0 radical (unpaired) electrons. The van der Waals surface area contributed by atoms with E-state index in [1.165, 1.54) is 0 Å². The smallest absolute Gasteiger partial charge is 0.435 e. The number of rotatable bonds is 1. The van der Waals surface area contributed by atoms with Gasteiger partial charge < -0.3 is 9.64 Å². The largest absolute Gasteiger partial charge is 0.443 e. The third-order valence-electron chi connectivity index (χ3n) is 1.26. The van der Waals surface area contributed by atoms with Gasteiger partial charge in [-0.3, -0.25) is 0 Å². The summed E-state index contributed by atoms with van der Waals surface area (Å²) in [4.78, 5) is 16.2. The Labute approximate surface area is 97.8 Å². The molecule has 0 heterocycles. The topological polar surface area (TPSA) is 41.9 Å². The first-order valence-electron chi connectivity index (χ1n) is 3.68. The number of carbonyl (C=O) groups is 1. The van der Waals surface area contributed by atoms with Crippen LogP contribution in [0, 0.1) is 0 Å². The zero-order valence-electron chi connectivity index (χ0n) is 8.05. The van der Waals surface area contributed by atoms with Crippen molar-refractivity contribution in [2.75, 3.05) is 20.7 Å². The fourth-order valence-electron chi connectivity index (χ4n) is 0.408. The van der Waals surface area contributed by atoms with E-state index in [1.54, 1.807) is 25.9 Å². The Balaban J connectivity index is 4.06. The SMILES string of the molecule is CC(=NC(=O)OCC(Cl)(Cl)Cl)N(C)C. The molecule has 0 aliphatic carbocycles. The van der Waals surface area contributed by atoms with Crippen LogP contribution < -0.4 is 0 Å². The minimum atomic E-state index is -1.60. The minimum absolute atomic E-state index is 0.319. The van der Waals surface area contributed by atoms with Gasteiger partial charge in [0.25, 0.3) is 0 Å². The van der Waals surface area contributed by atoms with Gasteiger partial charge in [0.05, 0.1) is 0 Å². The molecule has 0 rings (SSSR count). The molecule has 4 nitrogen and oxygen atoms in total. The van der Waals surface area contributed by atoms with E-state index in [0.717, 1.165) is 0 Å². The summed E-state index contributed by atoms with van der Waals surface area (Å²) in [6.45, 7) is 1.34. The van der Waals surface area contributed by atoms with Gasteiger partial charge in [0.2, 0.25) is 3.79 Å². The van der Waals surface area contributed by atoms with Gasteiger partial charge in [-0.05, 0) is 6.92 Å². The summed E-state index contributed by atoms with van der Waals surface area (Å²) in [7, 11) is 3.50. The number of ether oxygens (including phenoxy) is 1. The monoisotopic (exact) mass is 260 g/mol. The normalized spacial score (nSPS) is 12.6. The number of carbonyl (C=O) groups excluding carboxylic acids is 1. The first-order chi connectivity index (χ1) is 6.22. The fraction of sp³-hybridized carbons (Fsp3) is 0.714. The Hall–Kier alpha value is -0.190. The van der Waals surface area contributed by atoms with Gasteiger partial charge in [0, 0.05) is 14.1 Å². The zero-order valence-corrected chi connectivity index (χ0v) is 10.3. The van der Waals surface area contributed by atoms with Crippen LogP contribution in [0.2, 0.25) is 0 Å². The first-order valence-corrected chi connectivity index (χ1v) is 4.82. The van der Waals surface area contributed by atoms with Gasteiger partial charge in [-0.15, -0.1) is 0 Å². The Morgan fingerprint density at radius 3 is 2.29 bits per heavy atom. The first kappa shape index (κ1) is 13.8. The maximum absolute atomic E-state index is 11.0. The molecule has 82 valence electrons. The molecule has 0 saturated carbocycles. The van der Waals surface area contributed by atoms with E-state index in [2.05, 4.69) is 9.73 Å². The molecule has 0 aromatic heterocycles. The second kappa shape index (κ2) is 5.63. The Bertz CT molecular complexity index is 236. The van der Waals surface area contributed by atoms with Crippen LogP contribution in [0.25, 0.3) is 0 Å². The van der Waals surface area contributed by atoms with Crippen molar-refractivity contribution in [3.05, 3.63) is 0 Å². The van der Waals surface area contributed by atoms with Crippen LogP contribution in [0.15, 0.2) is 4.99 Å². The molecule has 0 atom stereocenters. The summed E-state index contributed by atoms with van der Waals surface area (Å²) in [5, 5.41) is 0. The molecule has 0 aromatic carbocycles.